The molecule has 1 saturated heterocycles. The summed E-state index contributed by atoms with van der Waals surface area (Å²) in [6.07, 6.45) is 7.28. The van der Waals surface area contributed by atoms with E-state index < -0.39 is 0 Å². The van der Waals surface area contributed by atoms with E-state index in [1.807, 2.05) is 0 Å². The minimum Gasteiger partial charge on any atom is -0.387 e. The van der Waals surface area contributed by atoms with E-state index in [1.54, 1.807) is 0 Å². The maximum atomic E-state index is 8.76. The fraction of sp³-hybridized carbons (Fsp3) is 0.444. The van der Waals surface area contributed by atoms with Crippen LogP contribution in [-0.4, -0.2) is 6.54 Å². The number of nitriles is 1. The van der Waals surface area contributed by atoms with Crippen LogP contribution in [-0.2, 0) is 0 Å². The van der Waals surface area contributed by atoms with Gasteiger partial charge in [0.2, 0.25) is 0 Å². The summed E-state index contributed by atoms with van der Waals surface area (Å²) in [5.41, 5.74) is 1.25. The summed E-state index contributed by atoms with van der Waals surface area (Å²) in [5, 5.41) is 12.0. The molecule has 2 unspecified atom stereocenters. The molecule has 1 fully saturated rings. The summed E-state index contributed by atoms with van der Waals surface area (Å²) < 4.78 is 0. The summed E-state index contributed by atoms with van der Waals surface area (Å²) in [6, 6.07) is 2.33. The summed E-state index contributed by atoms with van der Waals surface area (Å²) in [6.45, 7) is 0.828. The first-order valence-electron chi connectivity index (χ1n) is 3.92. The number of hydrogen-bond donors (Lipinski definition) is 1. The van der Waals surface area contributed by atoms with Gasteiger partial charge < -0.3 is 5.32 Å². The third-order valence-corrected chi connectivity index (χ3v) is 2.38. The van der Waals surface area contributed by atoms with Crippen LogP contribution in [0.2, 0.25) is 0 Å². The van der Waals surface area contributed by atoms with Crippen LogP contribution in [0.5, 0.6) is 0 Å². The van der Waals surface area contributed by atoms with E-state index in [9.17, 15) is 0 Å². The number of nitrogens with one attached hydrogen (secondary N) is 1. The minimum absolute atomic E-state index is 0.186. The van der Waals surface area contributed by atoms with Gasteiger partial charge >= 0.3 is 0 Å². The second-order valence-electron chi connectivity index (χ2n) is 3.01. The maximum absolute atomic E-state index is 8.76. The van der Waals surface area contributed by atoms with Crippen LogP contribution in [0.3, 0.4) is 0 Å². The molecule has 0 amide bonds. The van der Waals surface area contributed by atoms with Gasteiger partial charge in [0.1, 0.15) is 0 Å². The summed E-state index contributed by atoms with van der Waals surface area (Å²) in [5.74, 6) is 0.635. The third kappa shape index (κ3) is 0.932. The lowest BCUT2D eigenvalue weighted by molar-refractivity contribution is 0.541. The normalized spacial score (nSPS) is 33.5. The molecule has 1 N–H and O–H groups in total. The van der Waals surface area contributed by atoms with Crippen molar-refractivity contribution < 1.29 is 0 Å². The maximum Gasteiger partial charge on any atom is 0.0721 e. The van der Waals surface area contributed by atoms with Gasteiger partial charge in [-0.2, -0.15) is 5.26 Å². The largest absolute Gasteiger partial charge is 0.387 e. The Balaban J connectivity index is 2.23. The van der Waals surface area contributed by atoms with E-state index >= 15 is 0 Å². The lowest BCUT2D eigenvalue weighted by atomic mass is 9.89. The van der Waals surface area contributed by atoms with Crippen molar-refractivity contribution in [3.63, 3.8) is 0 Å². The number of fused-ring (bicyclic) bond motifs is 1. The van der Waals surface area contributed by atoms with Gasteiger partial charge in [-0.3, -0.25) is 0 Å². The SMILES string of the molecule is N#CC1CNC2=CC=CCC21. The van der Waals surface area contributed by atoms with E-state index in [-0.39, 0.29) is 5.92 Å². The van der Waals surface area contributed by atoms with E-state index in [0.29, 0.717) is 5.92 Å². The second-order valence-corrected chi connectivity index (χ2v) is 3.01. The standard InChI is InChI=1S/C9H10N2/c10-5-7-6-11-9-4-2-1-3-8(7)9/h1-2,4,7-8,11H,3,6H2. The van der Waals surface area contributed by atoms with Crippen LogP contribution >= 0.6 is 0 Å². The van der Waals surface area contributed by atoms with Crippen molar-refractivity contribution in [1.82, 2.24) is 5.32 Å². The molecular weight excluding hydrogens is 136 g/mol. The lowest BCUT2D eigenvalue weighted by Crippen LogP contribution is -2.09. The van der Waals surface area contributed by atoms with Crippen molar-refractivity contribution in [1.29, 1.82) is 5.26 Å². The molecule has 0 aromatic heterocycles. The fourth-order valence-electron chi connectivity index (χ4n) is 1.72. The number of rotatable bonds is 0. The first kappa shape index (κ1) is 6.48. The van der Waals surface area contributed by atoms with E-state index in [4.69, 9.17) is 5.26 Å². The molecule has 0 radical (unpaired) electrons. The Morgan fingerprint density at radius 2 is 2.55 bits per heavy atom. The van der Waals surface area contributed by atoms with E-state index in [2.05, 4.69) is 29.6 Å². The van der Waals surface area contributed by atoms with Crippen LogP contribution in [0.4, 0.5) is 0 Å². The van der Waals surface area contributed by atoms with Crippen LogP contribution in [0, 0.1) is 23.2 Å². The number of nitrogens with zero attached hydrogens (tertiary/aromatic N) is 1. The van der Waals surface area contributed by atoms with Gasteiger partial charge in [-0.25, -0.2) is 0 Å². The van der Waals surface area contributed by atoms with E-state index in [0.717, 1.165) is 13.0 Å². The van der Waals surface area contributed by atoms with Gasteiger partial charge in [0.15, 0.2) is 0 Å². The van der Waals surface area contributed by atoms with Crippen LogP contribution in [0.1, 0.15) is 6.42 Å². The van der Waals surface area contributed by atoms with Crippen LogP contribution < -0.4 is 5.32 Å². The van der Waals surface area contributed by atoms with Crippen molar-refractivity contribution in [2.24, 2.45) is 11.8 Å². The lowest BCUT2D eigenvalue weighted by Gasteiger charge is -2.13. The molecule has 1 aliphatic heterocycles. The van der Waals surface area contributed by atoms with Crippen molar-refractivity contribution in [2.75, 3.05) is 6.54 Å². The molecule has 0 aromatic carbocycles. The van der Waals surface area contributed by atoms with Gasteiger partial charge in [-0.05, 0) is 12.5 Å². The average molecular weight is 146 g/mol. The molecule has 11 heavy (non-hydrogen) atoms. The average Bonchev–Trinajstić information content (AvgIpc) is 2.47. The zero-order chi connectivity index (χ0) is 7.68. The van der Waals surface area contributed by atoms with Crippen molar-refractivity contribution >= 4 is 0 Å². The zero-order valence-electron chi connectivity index (χ0n) is 6.25. The molecule has 56 valence electrons. The molecule has 2 rings (SSSR count). The first-order chi connectivity index (χ1) is 5.42. The summed E-state index contributed by atoms with van der Waals surface area (Å²) in [4.78, 5) is 0. The Morgan fingerprint density at radius 1 is 1.64 bits per heavy atom. The number of hydrogen-bond acceptors (Lipinski definition) is 2. The summed E-state index contributed by atoms with van der Waals surface area (Å²) in [7, 11) is 0. The monoisotopic (exact) mass is 146 g/mol. The Labute approximate surface area is 66.2 Å². The molecule has 0 saturated carbocycles. The Kier molecular flexibility index (Phi) is 1.43. The Bertz CT molecular complexity index is 257. The highest BCUT2D eigenvalue weighted by Crippen LogP contribution is 2.30. The molecule has 1 heterocycles. The van der Waals surface area contributed by atoms with Gasteiger partial charge in [0.05, 0.1) is 12.0 Å². The van der Waals surface area contributed by atoms with Gasteiger partial charge in [-0.1, -0.05) is 12.2 Å². The summed E-state index contributed by atoms with van der Waals surface area (Å²) >= 11 is 0. The molecule has 2 nitrogen and oxygen atoms in total. The highest BCUT2D eigenvalue weighted by Gasteiger charge is 2.30. The topological polar surface area (TPSA) is 35.8 Å². The molecular formula is C9H10N2. The predicted molar refractivity (Wildman–Crippen MR) is 42.4 cm³/mol. The fourth-order valence-corrected chi connectivity index (χ4v) is 1.72. The minimum atomic E-state index is 0.186. The highest BCUT2D eigenvalue weighted by atomic mass is 14.9. The molecule has 0 bridgehead atoms. The molecule has 0 spiro atoms. The third-order valence-electron chi connectivity index (χ3n) is 2.38. The smallest absolute Gasteiger partial charge is 0.0721 e. The van der Waals surface area contributed by atoms with Crippen LogP contribution in [0.25, 0.3) is 0 Å². The van der Waals surface area contributed by atoms with E-state index in [1.165, 1.54) is 5.70 Å². The molecule has 2 atom stereocenters. The Hall–Kier alpha value is -1.23. The molecule has 1 aliphatic carbocycles. The predicted octanol–water partition coefficient (Wildman–Crippen LogP) is 1.19. The van der Waals surface area contributed by atoms with Crippen LogP contribution in [0.15, 0.2) is 23.9 Å². The second kappa shape index (κ2) is 2.43. The molecule has 2 heteroatoms. The van der Waals surface area contributed by atoms with Crippen molar-refractivity contribution in [2.45, 2.75) is 6.42 Å². The van der Waals surface area contributed by atoms with Gasteiger partial charge in [0, 0.05) is 18.2 Å². The number of allylic oxidation sites excluding steroid dienone is 4. The highest BCUT2D eigenvalue weighted by molar-refractivity contribution is 5.25. The zero-order valence-corrected chi connectivity index (χ0v) is 6.25. The van der Waals surface area contributed by atoms with Gasteiger partial charge in [0.25, 0.3) is 0 Å². The Morgan fingerprint density at radius 3 is 3.36 bits per heavy atom. The molecule has 0 aromatic rings. The van der Waals surface area contributed by atoms with Crippen molar-refractivity contribution in [3.05, 3.63) is 23.9 Å². The first-order valence-corrected chi connectivity index (χ1v) is 3.92. The van der Waals surface area contributed by atoms with Crippen molar-refractivity contribution in [3.8, 4) is 6.07 Å². The quantitative estimate of drug-likeness (QED) is 0.557. The molecule has 2 aliphatic rings. The van der Waals surface area contributed by atoms with Gasteiger partial charge in [-0.15, -0.1) is 0 Å².